The number of hydrogen-bond acceptors (Lipinski definition) is 3. The van der Waals surface area contributed by atoms with Gasteiger partial charge in [0.25, 0.3) is 0 Å². The summed E-state index contributed by atoms with van der Waals surface area (Å²) >= 11 is 0. The van der Waals surface area contributed by atoms with Gasteiger partial charge in [-0.2, -0.15) is 0 Å². The van der Waals surface area contributed by atoms with E-state index in [0.717, 1.165) is 19.4 Å². The predicted molar refractivity (Wildman–Crippen MR) is 73.9 cm³/mol. The summed E-state index contributed by atoms with van der Waals surface area (Å²) in [5.41, 5.74) is 1.15. The first-order valence-electron chi connectivity index (χ1n) is 6.96. The molecular formula is C15H22FNO2. The molecule has 2 atom stereocenters. The van der Waals surface area contributed by atoms with Crippen LogP contribution in [0.5, 0.6) is 0 Å². The Morgan fingerprint density at radius 2 is 2.32 bits per heavy atom. The third-order valence-corrected chi connectivity index (χ3v) is 3.61. The van der Waals surface area contributed by atoms with Crippen molar-refractivity contribution in [3.8, 4) is 0 Å². The molecule has 0 bridgehead atoms. The minimum absolute atomic E-state index is 0.168. The summed E-state index contributed by atoms with van der Waals surface area (Å²) in [6.07, 6.45) is 1.59. The van der Waals surface area contributed by atoms with Crippen molar-refractivity contribution in [2.75, 3.05) is 24.6 Å². The maximum absolute atomic E-state index is 14.1. The molecule has 19 heavy (non-hydrogen) atoms. The fraction of sp³-hybridized carbons (Fsp3) is 0.600. The summed E-state index contributed by atoms with van der Waals surface area (Å²) in [5, 5.41) is 9.81. The van der Waals surface area contributed by atoms with E-state index in [0.29, 0.717) is 24.3 Å². The van der Waals surface area contributed by atoms with Gasteiger partial charge < -0.3 is 14.7 Å². The molecule has 1 saturated heterocycles. The van der Waals surface area contributed by atoms with Crippen LogP contribution in [-0.2, 0) is 4.74 Å². The van der Waals surface area contributed by atoms with Crippen molar-refractivity contribution >= 4 is 5.69 Å². The van der Waals surface area contributed by atoms with Crippen LogP contribution in [0.25, 0.3) is 0 Å². The molecular weight excluding hydrogens is 245 g/mol. The van der Waals surface area contributed by atoms with E-state index in [9.17, 15) is 9.50 Å². The van der Waals surface area contributed by atoms with Gasteiger partial charge >= 0.3 is 0 Å². The molecule has 1 aliphatic rings. The number of nitrogens with zero attached hydrogens (tertiary/aromatic N) is 1. The number of likely N-dealkylation sites (N-methyl/N-ethyl adjacent to an activating group) is 1. The van der Waals surface area contributed by atoms with Gasteiger partial charge in [-0.25, -0.2) is 4.39 Å². The number of anilines is 1. The van der Waals surface area contributed by atoms with E-state index >= 15 is 0 Å². The molecule has 1 fully saturated rings. The topological polar surface area (TPSA) is 32.7 Å². The lowest BCUT2D eigenvalue weighted by molar-refractivity contribution is 0.115. The van der Waals surface area contributed by atoms with E-state index in [1.165, 1.54) is 6.07 Å². The van der Waals surface area contributed by atoms with Gasteiger partial charge in [0.05, 0.1) is 17.9 Å². The first-order chi connectivity index (χ1) is 9.13. The molecule has 0 aliphatic carbocycles. The van der Waals surface area contributed by atoms with E-state index in [1.807, 2.05) is 11.8 Å². The zero-order valence-electron chi connectivity index (χ0n) is 11.6. The Morgan fingerprint density at radius 1 is 1.53 bits per heavy atom. The molecule has 1 aromatic carbocycles. The average Bonchev–Trinajstić information content (AvgIpc) is 2.89. The van der Waals surface area contributed by atoms with Crippen molar-refractivity contribution < 1.29 is 14.2 Å². The highest BCUT2D eigenvalue weighted by Gasteiger charge is 2.23. The fourth-order valence-electron chi connectivity index (χ4n) is 2.62. The highest BCUT2D eigenvalue weighted by Crippen LogP contribution is 2.30. The highest BCUT2D eigenvalue weighted by molar-refractivity contribution is 5.55. The van der Waals surface area contributed by atoms with Crippen LogP contribution in [0.3, 0.4) is 0 Å². The minimum atomic E-state index is -0.677. The zero-order valence-corrected chi connectivity index (χ0v) is 11.6. The minimum Gasteiger partial charge on any atom is -0.389 e. The summed E-state index contributed by atoms with van der Waals surface area (Å²) in [4.78, 5) is 1.97. The van der Waals surface area contributed by atoms with Gasteiger partial charge in [-0.3, -0.25) is 0 Å². The van der Waals surface area contributed by atoms with Crippen molar-refractivity contribution in [3.05, 3.63) is 29.6 Å². The molecule has 4 heteroatoms. The molecule has 106 valence electrons. The lowest BCUT2D eigenvalue weighted by atomic mass is 10.1. The zero-order chi connectivity index (χ0) is 13.8. The Balaban J connectivity index is 2.25. The molecule has 3 nitrogen and oxygen atoms in total. The average molecular weight is 267 g/mol. The molecule has 1 aromatic rings. The molecule has 1 unspecified atom stereocenters. The number of para-hydroxylation sites is 1. The standard InChI is InChI=1S/C15H22FNO2/c1-3-17(10-12-6-5-9-19-12)15-13(11(2)18)7-4-8-14(15)16/h4,7-8,11-12,18H,3,5-6,9-10H2,1-2H3/t11-,12?/m0/s1. The van der Waals surface area contributed by atoms with Crippen LogP contribution in [0.15, 0.2) is 18.2 Å². The van der Waals surface area contributed by atoms with E-state index in [-0.39, 0.29) is 11.9 Å². The van der Waals surface area contributed by atoms with Crippen molar-refractivity contribution in [1.29, 1.82) is 0 Å². The SMILES string of the molecule is CCN(CC1CCCO1)c1c(F)cccc1[C@H](C)O. The molecule has 1 N–H and O–H groups in total. The van der Waals surface area contributed by atoms with Gasteiger partial charge in [-0.15, -0.1) is 0 Å². The van der Waals surface area contributed by atoms with Crippen LogP contribution in [0.4, 0.5) is 10.1 Å². The van der Waals surface area contributed by atoms with Crippen molar-refractivity contribution in [2.45, 2.75) is 38.9 Å². The van der Waals surface area contributed by atoms with Gasteiger partial charge in [0, 0.05) is 25.3 Å². The van der Waals surface area contributed by atoms with Crippen molar-refractivity contribution in [2.24, 2.45) is 0 Å². The lowest BCUT2D eigenvalue weighted by Crippen LogP contribution is -2.33. The third-order valence-electron chi connectivity index (χ3n) is 3.61. The number of hydrogen-bond donors (Lipinski definition) is 1. The quantitative estimate of drug-likeness (QED) is 0.890. The number of aliphatic hydroxyl groups is 1. The molecule has 0 saturated carbocycles. The molecule has 2 rings (SSSR count). The summed E-state index contributed by atoms with van der Waals surface area (Å²) in [6, 6.07) is 4.86. The normalized spacial score (nSPS) is 20.5. The number of benzene rings is 1. The third kappa shape index (κ3) is 3.25. The van der Waals surface area contributed by atoms with Gasteiger partial charge in [-0.1, -0.05) is 12.1 Å². The number of halogens is 1. The van der Waals surface area contributed by atoms with Crippen LogP contribution < -0.4 is 4.90 Å². The number of ether oxygens (including phenoxy) is 1. The number of aliphatic hydroxyl groups excluding tert-OH is 1. The van der Waals surface area contributed by atoms with Gasteiger partial charge in [-0.05, 0) is 32.8 Å². The summed E-state index contributed by atoms with van der Waals surface area (Å²) in [5.74, 6) is -0.279. The van der Waals surface area contributed by atoms with Gasteiger partial charge in [0.1, 0.15) is 5.82 Å². The molecule has 0 aromatic heterocycles. The molecule has 0 spiro atoms. The first-order valence-corrected chi connectivity index (χ1v) is 6.96. The van der Waals surface area contributed by atoms with Crippen LogP contribution in [-0.4, -0.2) is 30.9 Å². The smallest absolute Gasteiger partial charge is 0.146 e. The monoisotopic (exact) mass is 267 g/mol. The van der Waals surface area contributed by atoms with E-state index in [2.05, 4.69) is 0 Å². The van der Waals surface area contributed by atoms with Gasteiger partial charge in [0.2, 0.25) is 0 Å². The molecule has 0 amide bonds. The maximum atomic E-state index is 14.1. The van der Waals surface area contributed by atoms with Crippen molar-refractivity contribution in [1.82, 2.24) is 0 Å². The Hall–Kier alpha value is -1.13. The van der Waals surface area contributed by atoms with Crippen molar-refractivity contribution in [3.63, 3.8) is 0 Å². The predicted octanol–water partition coefficient (Wildman–Crippen LogP) is 2.88. The fourth-order valence-corrected chi connectivity index (χ4v) is 2.62. The number of rotatable bonds is 5. The van der Waals surface area contributed by atoms with Gasteiger partial charge in [0.15, 0.2) is 0 Å². The first kappa shape index (κ1) is 14.3. The summed E-state index contributed by atoms with van der Waals surface area (Å²) < 4.78 is 19.7. The second-order valence-corrected chi connectivity index (χ2v) is 5.03. The Labute approximate surface area is 114 Å². The largest absolute Gasteiger partial charge is 0.389 e. The molecule has 1 heterocycles. The summed E-state index contributed by atoms with van der Waals surface area (Å²) in [6.45, 7) is 5.83. The van der Waals surface area contributed by atoms with E-state index in [1.54, 1.807) is 19.1 Å². The second kappa shape index (κ2) is 6.35. The van der Waals surface area contributed by atoms with E-state index < -0.39 is 6.10 Å². The van der Waals surface area contributed by atoms with Crippen LogP contribution in [0, 0.1) is 5.82 Å². The Kier molecular flexibility index (Phi) is 4.77. The maximum Gasteiger partial charge on any atom is 0.146 e. The lowest BCUT2D eigenvalue weighted by Gasteiger charge is -2.29. The molecule has 1 aliphatic heterocycles. The molecule has 0 radical (unpaired) electrons. The van der Waals surface area contributed by atoms with Crippen LogP contribution >= 0.6 is 0 Å². The van der Waals surface area contributed by atoms with E-state index in [4.69, 9.17) is 4.74 Å². The highest BCUT2D eigenvalue weighted by atomic mass is 19.1. The second-order valence-electron chi connectivity index (χ2n) is 5.03. The van der Waals surface area contributed by atoms with Crippen LogP contribution in [0.1, 0.15) is 38.4 Å². The Morgan fingerprint density at radius 3 is 2.89 bits per heavy atom. The van der Waals surface area contributed by atoms with Crippen LogP contribution in [0.2, 0.25) is 0 Å². The Bertz CT molecular complexity index is 417. The summed E-state index contributed by atoms with van der Waals surface area (Å²) in [7, 11) is 0.